The first-order valence-electron chi connectivity index (χ1n) is 5.26. The number of nitrogens with two attached hydrogens (primary N) is 1. The molecule has 0 rings (SSSR count). The molecular formula is C11H24N2. The van der Waals surface area contributed by atoms with Crippen LogP contribution in [0.5, 0.6) is 0 Å². The Balaban J connectivity index is 4.05. The summed E-state index contributed by atoms with van der Waals surface area (Å²) in [4.78, 5) is 0. The van der Waals surface area contributed by atoms with Crippen LogP contribution in [0.25, 0.3) is 0 Å². The molecule has 0 amide bonds. The van der Waals surface area contributed by atoms with Crippen molar-refractivity contribution in [2.75, 3.05) is 7.05 Å². The molecule has 0 saturated carbocycles. The zero-order chi connectivity index (χ0) is 10.3. The largest absolute Gasteiger partial charge is 0.394 e. The molecule has 0 fully saturated rings. The smallest absolute Gasteiger partial charge is 0.0269 e. The summed E-state index contributed by atoms with van der Waals surface area (Å²) in [6.07, 6.45) is 6.41. The Morgan fingerprint density at radius 3 is 2.23 bits per heavy atom. The molecule has 0 spiro atoms. The zero-order valence-electron chi connectivity index (χ0n) is 9.38. The van der Waals surface area contributed by atoms with Crippen LogP contribution in [0.1, 0.15) is 33.6 Å². The molecule has 0 bridgehead atoms. The Morgan fingerprint density at radius 1 is 1.31 bits per heavy atom. The molecule has 0 aromatic heterocycles. The van der Waals surface area contributed by atoms with E-state index in [2.05, 4.69) is 26.1 Å². The molecule has 0 aliphatic carbocycles. The summed E-state index contributed by atoms with van der Waals surface area (Å²) in [7, 11) is 1.89. The van der Waals surface area contributed by atoms with Crippen molar-refractivity contribution in [1.82, 2.24) is 5.32 Å². The topological polar surface area (TPSA) is 38.0 Å². The average molecular weight is 184 g/mol. The van der Waals surface area contributed by atoms with Crippen molar-refractivity contribution in [2.24, 2.45) is 17.6 Å². The van der Waals surface area contributed by atoms with E-state index in [1.54, 1.807) is 0 Å². The summed E-state index contributed by atoms with van der Waals surface area (Å²) in [5.41, 5.74) is 6.03. The summed E-state index contributed by atoms with van der Waals surface area (Å²) >= 11 is 0. The summed E-state index contributed by atoms with van der Waals surface area (Å²) in [5, 5.41) is 2.97. The van der Waals surface area contributed by atoms with E-state index in [4.69, 9.17) is 5.73 Å². The molecule has 0 radical (unpaired) electrons. The van der Waals surface area contributed by atoms with Gasteiger partial charge in [-0.05, 0) is 18.0 Å². The van der Waals surface area contributed by atoms with Crippen LogP contribution in [-0.4, -0.2) is 13.1 Å². The SMILES string of the molecule is CCC(CC)C(C)C(N)C=CNC. The first kappa shape index (κ1) is 12.5. The maximum Gasteiger partial charge on any atom is 0.0269 e. The van der Waals surface area contributed by atoms with E-state index in [9.17, 15) is 0 Å². The first-order chi connectivity index (χ1) is 6.17. The van der Waals surface area contributed by atoms with Crippen LogP contribution < -0.4 is 11.1 Å². The van der Waals surface area contributed by atoms with E-state index in [0.717, 1.165) is 5.92 Å². The van der Waals surface area contributed by atoms with Crippen molar-refractivity contribution in [3.8, 4) is 0 Å². The third-order valence-corrected chi connectivity index (χ3v) is 2.88. The summed E-state index contributed by atoms with van der Waals surface area (Å²) in [6.45, 7) is 6.71. The fraction of sp³-hybridized carbons (Fsp3) is 0.818. The van der Waals surface area contributed by atoms with Crippen LogP contribution >= 0.6 is 0 Å². The molecule has 2 nitrogen and oxygen atoms in total. The Labute approximate surface area is 82.6 Å². The van der Waals surface area contributed by atoms with Crippen LogP contribution in [0.15, 0.2) is 12.3 Å². The predicted octanol–water partition coefficient (Wildman–Crippen LogP) is 2.12. The van der Waals surface area contributed by atoms with Crippen molar-refractivity contribution in [2.45, 2.75) is 39.7 Å². The predicted molar refractivity (Wildman–Crippen MR) is 59.4 cm³/mol. The van der Waals surface area contributed by atoms with E-state index in [0.29, 0.717) is 5.92 Å². The fourth-order valence-electron chi connectivity index (χ4n) is 1.73. The molecule has 0 aliphatic rings. The third kappa shape index (κ3) is 4.32. The van der Waals surface area contributed by atoms with Crippen LogP contribution in [0, 0.1) is 11.8 Å². The Morgan fingerprint density at radius 2 is 1.85 bits per heavy atom. The second-order valence-electron chi connectivity index (χ2n) is 3.66. The van der Waals surface area contributed by atoms with Gasteiger partial charge in [-0.3, -0.25) is 0 Å². The normalized spacial score (nSPS) is 16.5. The highest BCUT2D eigenvalue weighted by Crippen LogP contribution is 2.21. The molecule has 13 heavy (non-hydrogen) atoms. The molecule has 78 valence electrons. The highest BCUT2D eigenvalue weighted by Gasteiger charge is 2.18. The second-order valence-corrected chi connectivity index (χ2v) is 3.66. The number of nitrogens with one attached hydrogen (secondary N) is 1. The van der Waals surface area contributed by atoms with Crippen molar-refractivity contribution in [1.29, 1.82) is 0 Å². The first-order valence-corrected chi connectivity index (χ1v) is 5.26. The minimum Gasteiger partial charge on any atom is -0.394 e. The lowest BCUT2D eigenvalue weighted by Gasteiger charge is -2.25. The molecule has 0 aromatic carbocycles. The van der Waals surface area contributed by atoms with Gasteiger partial charge in [0.1, 0.15) is 0 Å². The monoisotopic (exact) mass is 184 g/mol. The average Bonchev–Trinajstić information content (AvgIpc) is 2.15. The minimum atomic E-state index is 0.178. The summed E-state index contributed by atoms with van der Waals surface area (Å²) in [6, 6.07) is 0.178. The van der Waals surface area contributed by atoms with Gasteiger partial charge >= 0.3 is 0 Å². The lowest BCUT2D eigenvalue weighted by Crippen LogP contribution is -2.31. The molecule has 0 heterocycles. The molecule has 2 heteroatoms. The van der Waals surface area contributed by atoms with Crippen molar-refractivity contribution in [3.05, 3.63) is 12.3 Å². The number of hydrogen-bond donors (Lipinski definition) is 2. The van der Waals surface area contributed by atoms with Gasteiger partial charge < -0.3 is 11.1 Å². The van der Waals surface area contributed by atoms with Crippen molar-refractivity contribution >= 4 is 0 Å². The molecule has 0 saturated heterocycles. The number of rotatable bonds is 6. The van der Waals surface area contributed by atoms with Gasteiger partial charge in [-0.1, -0.05) is 39.7 Å². The summed E-state index contributed by atoms with van der Waals surface area (Å²) in [5.74, 6) is 1.32. The number of hydrogen-bond acceptors (Lipinski definition) is 2. The second kappa shape index (κ2) is 6.96. The van der Waals surface area contributed by atoms with Gasteiger partial charge in [0, 0.05) is 13.1 Å². The van der Waals surface area contributed by atoms with Crippen molar-refractivity contribution < 1.29 is 0 Å². The van der Waals surface area contributed by atoms with E-state index in [-0.39, 0.29) is 6.04 Å². The van der Waals surface area contributed by atoms with Crippen LogP contribution in [-0.2, 0) is 0 Å². The van der Waals surface area contributed by atoms with E-state index in [1.165, 1.54) is 12.8 Å². The highest BCUT2D eigenvalue weighted by molar-refractivity contribution is 4.93. The van der Waals surface area contributed by atoms with E-state index >= 15 is 0 Å². The van der Waals surface area contributed by atoms with Gasteiger partial charge in [0.05, 0.1) is 0 Å². The highest BCUT2D eigenvalue weighted by atomic mass is 14.8. The van der Waals surface area contributed by atoms with Gasteiger partial charge in [-0.15, -0.1) is 0 Å². The van der Waals surface area contributed by atoms with Gasteiger partial charge in [-0.25, -0.2) is 0 Å². The Bertz CT molecular complexity index is 139. The molecule has 3 N–H and O–H groups in total. The maximum absolute atomic E-state index is 6.03. The molecule has 0 aromatic rings. The Kier molecular flexibility index (Phi) is 6.69. The Hall–Kier alpha value is -0.500. The fourth-order valence-corrected chi connectivity index (χ4v) is 1.73. The van der Waals surface area contributed by atoms with Crippen LogP contribution in [0.2, 0.25) is 0 Å². The molecule has 2 atom stereocenters. The molecular weight excluding hydrogens is 160 g/mol. The quantitative estimate of drug-likeness (QED) is 0.663. The standard InChI is InChI=1S/C11H24N2/c1-5-10(6-2)9(3)11(12)7-8-13-4/h7-11,13H,5-6,12H2,1-4H3. The lowest BCUT2D eigenvalue weighted by atomic mass is 9.84. The van der Waals surface area contributed by atoms with E-state index < -0.39 is 0 Å². The zero-order valence-corrected chi connectivity index (χ0v) is 9.38. The van der Waals surface area contributed by atoms with Crippen LogP contribution in [0.3, 0.4) is 0 Å². The van der Waals surface area contributed by atoms with Gasteiger partial charge in [-0.2, -0.15) is 0 Å². The van der Waals surface area contributed by atoms with Gasteiger partial charge in [0.2, 0.25) is 0 Å². The van der Waals surface area contributed by atoms with E-state index in [1.807, 2.05) is 19.3 Å². The lowest BCUT2D eigenvalue weighted by molar-refractivity contribution is 0.312. The maximum atomic E-state index is 6.03. The van der Waals surface area contributed by atoms with Gasteiger partial charge in [0.15, 0.2) is 0 Å². The van der Waals surface area contributed by atoms with Gasteiger partial charge in [0.25, 0.3) is 0 Å². The third-order valence-electron chi connectivity index (χ3n) is 2.88. The van der Waals surface area contributed by atoms with Crippen LogP contribution in [0.4, 0.5) is 0 Å². The van der Waals surface area contributed by atoms with Crippen molar-refractivity contribution in [3.63, 3.8) is 0 Å². The molecule has 2 unspecified atom stereocenters. The molecule has 0 aliphatic heterocycles. The minimum absolute atomic E-state index is 0.178. The summed E-state index contributed by atoms with van der Waals surface area (Å²) < 4.78 is 0.